The van der Waals surface area contributed by atoms with Gasteiger partial charge in [-0.05, 0) is 49.1 Å². The zero-order valence-electron chi connectivity index (χ0n) is 11.8. The first-order valence-corrected chi connectivity index (χ1v) is 8.14. The Morgan fingerprint density at radius 1 is 1.33 bits per heavy atom. The monoisotopic (exact) mass is 263 g/mol. The lowest BCUT2D eigenvalue weighted by Crippen LogP contribution is -2.32. The van der Waals surface area contributed by atoms with E-state index >= 15 is 0 Å². The average Bonchev–Trinajstić information content (AvgIpc) is 2.38. The minimum Gasteiger partial charge on any atom is -0.312 e. The topological polar surface area (TPSA) is 12.0 Å². The fourth-order valence-corrected chi connectivity index (χ4v) is 4.38. The van der Waals surface area contributed by atoms with Crippen molar-refractivity contribution in [3.63, 3.8) is 0 Å². The second-order valence-electron chi connectivity index (χ2n) is 5.60. The highest BCUT2D eigenvalue weighted by Crippen LogP contribution is 2.37. The molecular weight excluding hydrogens is 238 g/mol. The predicted molar refractivity (Wildman–Crippen MR) is 82.3 cm³/mol. The van der Waals surface area contributed by atoms with Crippen molar-refractivity contribution in [1.29, 1.82) is 0 Å². The van der Waals surface area contributed by atoms with Gasteiger partial charge in [0, 0.05) is 11.3 Å². The molecule has 2 atom stereocenters. The Hall–Kier alpha value is -0.470. The molecule has 2 heteroatoms. The number of rotatable bonds is 5. The molecule has 0 aromatic heterocycles. The lowest BCUT2D eigenvalue weighted by Gasteiger charge is -2.33. The van der Waals surface area contributed by atoms with Gasteiger partial charge in [0.1, 0.15) is 0 Å². The van der Waals surface area contributed by atoms with E-state index in [0.717, 1.165) is 11.2 Å². The molecule has 1 aliphatic rings. The molecule has 1 nitrogen and oxygen atoms in total. The highest BCUT2D eigenvalue weighted by Gasteiger charge is 2.28. The van der Waals surface area contributed by atoms with E-state index in [-0.39, 0.29) is 0 Å². The summed E-state index contributed by atoms with van der Waals surface area (Å²) >= 11 is 2.16. The molecule has 0 amide bonds. The van der Waals surface area contributed by atoms with Gasteiger partial charge in [-0.25, -0.2) is 0 Å². The van der Waals surface area contributed by atoms with Crippen LogP contribution in [0.3, 0.4) is 0 Å². The van der Waals surface area contributed by atoms with Crippen LogP contribution in [-0.4, -0.2) is 18.1 Å². The number of hydrogen-bond donors (Lipinski definition) is 1. The Labute approximate surface area is 116 Å². The van der Waals surface area contributed by atoms with Gasteiger partial charge in [-0.1, -0.05) is 38.1 Å². The quantitative estimate of drug-likeness (QED) is 0.860. The van der Waals surface area contributed by atoms with E-state index < -0.39 is 0 Å². The van der Waals surface area contributed by atoms with Crippen LogP contribution in [0.15, 0.2) is 24.3 Å². The minimum absolute atomic E-state index is 0.534. The second kappa shape index (κ2) is 6.63. The molecule has 1 aromatic rings. The van der Waals surface area contributed by atoms with Gasteiger partial charge < -0.3 is 5.32 Å². The Morgan fingerprint density at radius 2 is 2.11 bits per heavy atom. The number of fused-ring (bicyclic) bond motifs is 1. The number of aryl methyl sites for hydroxylation is 1. The molecule has 100 valence electrons. The van der Waals surface area contributed by atoms with Crippen LogP contribution in [0.2, 0.25) is 0 Å². The fourth-order valence-electron chi connectivity index (χ4n) is 2.71. The van der Waals surface area contributed by atoms with E-state index in [1.807, 2.05) is 0 Å². The standard InChI is InChI=1S/C16H25NS/c1-12(2)10-11-18-15-9-8-13-6-4-5-7-14(13)16(15)17-3/h4-7,12,15-17H,8-11H2,1-3H3. The van der Waals surface area contributed by atoms with Crippen molar-refractivity contribution >= 4 is 11.8 Å². The summed E-state index contributed by atoms with van der Waals surface area (Å²) in [4.78, 5) is 0. The Bertz CT molecular complexity index is 375. The van der Waals surface area contributed by atoms with E-state index in [9.17, 15) is 0 Å². The van der Waals surface area contributed by atoms with Crippen molar-refractivity contribution in [2.24, 2.45) is 5.92 Å². The van der Waals surface area contributed by atoms with Crippen LogP contribution in [-0.2, 0) is 6.42 Å². The molecule has 18 heavy (non-hydrogen) atoms. The molecular formula is C16H25NS. The molecule has 1 N–H and O–H groups in total. The first-order valence-electron chi connectivity index (χ1n) is 7.09. The maximum absolute atomic E-state index is 3.53. The van der Waals surface area contributed by atoms with Crippen LogP contribution in [0.25, 0.3) is 0 Å². The minimum atomic E-state index is 0.534. The first-order chi connectivity index (χ1) is 8.72. The largest absolute Gasteiger partial charge is 0.312 e. The lowest BCUT2D eigenvalue weighted by molar-refractivity contribution is 0.509. The normalized spacial score (nSPS) is 23.1. The van der Waals surface area contributed by atoms with Crippen molar-refractivity contribution < 1.29 is 0 Å². The number of benzene rings is 1. The summed E-state index contributed by atoms with van der Waals surface area (Å²) in [6, 6.07) is 9.45. The summed E-state index contributed by atoms with van der Waals surface area (Å²) in [5.41, 5.74) is 3.06. The zero-order chi connectivity index (χ0) is 13.0. The molecule has 0 spiro atoms. The van der Waals surface area contributed by atoms with Crippen molar-refractivity contribution in [3.8, 4) is 0 Å². The maximum Gasteiger partial charge on any atom is 0.0441 e. The molecule has 0 radical (unpaired) electrons. The van der Waals surface area contributed by atoms with E-state index in [2.05, 4.69) is 62.2 Å². The molecule has 0 saturated heterocycles. The average molecular weight is 263 g/mol. The Balaban J connectivity index is 2.01. The van der Waals surface area contributed by atoms with Gasteiger partial charge >= 0.3 is 0 Å². The van der Waals surface area contributed by atoms with Crippen LogP contribution < -0.4 is 5.32 Å². The van der Waals surface area contributed by atoms with Gasteiger partial charge in [0.05, 0.1) is 0 Å². The lowest BCUT2D eigenvalue weighted by atomic mass is 9.87. The Morgan fingerprint density at radius 3 is 2.83 bits per heavy atom. The van der Waals surface area contributed by atoms with Crippen molar-refractivity contribution in [3.05, 3.63) is 35.4 Å². The van der Waals surface area contributed by atoms with Gasteiger partial charge in [0.2, 0.25) is 0 Å². The maximum atomic E-state index is 3.53. The summed E-state index contributed by atoms with van der Waals surface area (Å²) in [7, 11) is 2.10. The summed E-state index contributed by atoms with van der Waals surface area (Å²) in [5, 5.41) is 4.27. The molecule has 0 aliphatic heterocycles. The van der Waals surface area contributed by atoms with Gasteiger partial charge in [0.15, 0.2) is 0 Å². The third kappa shape index (κ3) is 3.30. The number of nitrogens with one attached hydrogen (secondary N) is 1. The molecule has 2 rings (SSSR count). The summed E-state index contributed by atoms with van der Waals surface area (Å²) in [6.45, 7) is 4.62. The molecule has 1 aromatic carbocycles. The van der Waals surface area contributed by atoms with Crippen LogP contribution in [0.4, 0.5) is 0 Å². The van der Waals surface area contributed by atoms with Gasteiger partial charge in [-0.3, -0.25) is 0 Å². The summed E-state index contributed by atoms with van der Waals surface area (Å²) < 4.78 is 0. The third-order valence-corrected chi connectivity index (χ3v) is 5.21. The first kappa shape index (κ1) is 14.0. The van der Waals surface area contributed by atoms with E-state index in [1.165, 1.54) is 36.1 Å². The van der Waals surface area contributed by atoms with E-state index in [0.29, 0.717) is 6.04 Å². The molecule has 0 fully saturated rings. The molecule has 1 aliphatic carbocycles. The van der Waals surface area contributed by atoms with Crippen molar-refractivity contribution in [1.82, 2.24) is 5.32 Å². The summed E-state index contributed by atoms with van der Waals surface area (Å²) in [6.07, 6.45) is 3.89. The fraction of sp³-hybridized carbons (Fsp3) is 0.625. The molecule has 0 heterocycles. The number of hydrogen-bond acceptors (Lipinski definition) is 2. The van der Waals surface area contributed by atoms with Crippen molar-refractivity contribution in [2.75, 3.05) is 12.8 Å². The van der Waals surface area contributed by atoms with Gasteiger partial charge in [-0.15, -0.1) is 0 Å². The third-order valence-electron chi connectivity index (χ3n) is 3.80. The zero-order valence-corrected chi connectivity index (χ0v) is 12.6. The van der Waals surface area contributed by atoms with Crippen LogP contribution in [0.1, 0.15) is 43.9 Å². The van der Waals surface area contributed by atoms with Crippen molar-refractivity contribution in [2.45, 2.75) is 44.4 Å². The number of thioether (sulfide) groups is 1. The van der Waals surface area contributed by atoms with Gasteiger partial charge in [-0.2, -0.15) is 11.8 Å². The van der Waals surface area contributed by atoms with Crippen LogP contribution in [0.5, 0.6) is 0 Å². The van der Waals surface area contributed by atoms with Crippen LogP contribution in [0, 0.1) is 5.92 Å². The highest BCUT2D eigenvalue weighted by molar-refractivity contribution is 7.99. The summed E-state index contributed by atoms with van der Waals surface area (Å²) in [5.74, 6) is 2.12. The predicted octanol–water partition coefficient (Wildman–Crippen LogP) is 4.04. The molecule has 0 saturated carbocycles. The SMILES string of the molecule is CNC1c2ccccc2CCC1SCCC(C)C. The highest BCUT2D eigenvalue weighted by atomic mass is 32.2. The van der Waals surface area contributed by atoms with E-state index in [4.69, 9.17) is 0 Å². The van der Waals surface area contributed by atoms with Crippen LogP contribution >= 0.6 is 11.8 Å². The smallest absolute Gasteiger partial charge is 0.0441 e. The van der Waals surface area contributed by atoms with Gasteiger partial charge in [0.25, 0.3) is 0 Å². The second-order valence-corrected chi connectivity index (χ2v) is 6.94. The Kier molecular flexibility index (Phi) is 5.13. The molecule has 0 bridgehead atoms. The van der Waals surface area contributed by atoms with E-state index in [1.54, 1.807) is 0 Å². The molecule has 2 unspecified atom stereocenters.